The standard InChI is InChI=1S/C33H22N4/c1-37-28-10-11-29(37)19-33-31-15-23-13-21-5-3-2-4-20(21)12-22(23)14-30(31)32(36-33)18-27-9-7-25(35-27)16-24-6-8-26(17-28)34-24/h2-19,35H,1H3. The molecule has 8 bridgehead atoms. The molecule has 4 nitrogen and oxygen atoms in total. The number of nitrogens with one attached hydrogen (secondary N) is 1. The molecule has 37 heavy (non-hydrogen) atoms. The lowest BCUT2D eigenvalue weighted by atomic mass is 9.96. The number of hydrogen-bond donors (Lipinski definition) is 1. The second-order valence-electron chi connectivity index (χ2n) is 9.81. The van der Waals surface area contributed by atoms with Crippen molar-refractivity contribution in [1.29, 1.82) is 0 Å². The van der Waals surface area contributed by atoms with Gasteiger partial charge in [-0.25, -0.2) is 9.97 Å². The molecule has 6 aromatic rings. The molecule has 0 aliphatic carbocycles. The van der Waals surface area contributed by atoms with E-state index < -0.39 is 0 Å². The highest BCUT2D eigenvalue weighted by Crippen LogP contribution is 2.40. The van der Waals surface area contributed by atoms with Crippen LogP contribution in [0.25, 0.3) is 78.3 Å². The van der Waals surface area contributed by atoms with Gasteiger partial charge in [0.05, 0.1) is 22.8 Å². The Morgan fingerprint density at radius 2 is 1.14 bits per heavy atom. The van der Waals surface area contributed by atoms with E-state index in [1.54, 1.807) is 0 Å². The molecule has 3 aromatic carbocycles. The third-order valence-corrected chi connectivity index (χ3v) is 7.42. The third-order valence-electron chi connectivity index (χ3n) is 7.42. The minimum atomic E-state index is 0.936. The smallest absolute Gasteiger partial charge is 0.0737 e. The molecule has 0 spiro atoms. The highest BCUT2D eigenvalue weighted by molar-refractivity contribution is 6.04. The summed E-state index contributed by atoms with van der Waals surface area (Å²) in [5, 5.41) is 4.94. The topological polar surface area (TPSA) is 46.5 Å². The number of H-pyrrole nitrogens is 1. The zero-order valence-electron chi connectivity index (χ0n) is 20.2. The molecule has 5 heterocycles. The Kier molecular flexibility index (Phi) is 4.12. The van der Waals surface area contributed by atoms with E-state index in [4.69, 9.17) is 9.97 Å². The average molecular weight is 475 g/mol. The molecule has 0 saturated heterocycles. The number of rotatable bonds is 0. The summed E-state index contributed by atoms with van der Waals surface area (Å²) in [6.45, 7) is 0. The van der Waals surface area contributed by atoms with Gasteiger partial charge in [-0.3, -0.25) is 0 Å². The first-order valence-corrected chi connectivity index (χ1v) is 12.5. The molecular formula is C33H22N4. The third kappa shape index (κ3) is 3.30. The fourth-order valence-corrected chi connectivity index (χ4v) is 5.47. The zero-order chi connectivity index (χ0) is 24.5. The SMILES string of the molecule is Cn1c2ccc1cc1nc(cc3ccc(cc4nc(c2)C=C4)[nH]3)-c2cc3cc4ccccc4cc3cc2-1. The minimum absolute atomic E-state index is 0.936. The Morgan fingerprint density at radius 1 is 0.541 bits per heavy atom. The molecule has 0 amide bonds. The summed E-state index contributed by atoms with van der Waals surface area (Å²) in [7, 11) is 2.09. The van der Waals surface area contributed by atoms with Crippen LogP contribution in [0.1, 0.15) is 11.4 Å². The van der Waals surface area contributed by atoms with Crippen LogP contribution in [0, 0.1) is 0 Å². The maximum Gasteiger partial charge on any atom is 0.0737 e. The highest BCUT2D eigenvalue weighted by atomic mass is 14.9. The minimum Gasteiger partial charge on any atom is -0.355 e. The molecule has 0 fully saturated rings. The molecule has 8 rings (SSSR count). The van der Waals surface area contributed by atoms with Crippen LogP contribution in [0.3, 0.4) is 0 Å². The molecule has 0 atom stereocenters. The lowest BCUT2D eigenvalue weighted by Gasteiger charge is -2.06. The van der Waals surface area contributed by atoms with Gasteiger partial charge >= 0.3 is 0 Å². The average Bonchev–Trinajstić information content (AvgIpc) is 3.68. The Bertz CT molecular complexity index is 2110. The second-order valence-corrected chi connectivity index (χ2v) is 9.81. The number of aromatic nitrogens is 4. The molecule has 174 valence electrons. The van der Waals surface area contributed by atoms with Crippen LogP contribution < -0.4 is 0 Å². The number of aryl methyl sites for hydroxylation is 1. The molecule has 3 aromatic heterocycles. The van der Waals surface area contributed by atoms with Gasteiger partial charge in [0.1, 0.15) is 0 Å². The van der Waals surface area contributed by atoms with Crippen LogP contribution in [-0.2, 0) is 7.05 Å². The summed E-state index contributed by atoms with van der Waals surface area (Å²) in [5.74, 6) is 0. The number of benzene rings is 3. The largest absolute Gasteiger partial charge is 0.355 e. The molecule has 0 saturated carbocycles. The molecule has 1 N–H and O–H groups in total. The van der Waals surface area contributed by atoms with E-state index >= 15 is 0 Å². The maximum atomic E-state index is 5.15. The quantitative estimate of drug-likeness (QED) is 0.226. The van der Waals surface area contributed by atoms with Gasteiger partial charge in [-0.05, 0) is 106 Å². The van der Waals surface area contributed by atoms with Crippen LogP contribution in [0.15, 0.2) is 97.1 Å². The lowest BCUT2D eigenvalue weighted by Crippen LogP contribution is -1.86. The van der Waals surface area contributed by atoms with Crippen molar-refractivity contribution < 1.29 is 0 Å². The predicted octanol–water partition coefficient (Wildman–Crippen LogP) is 8.14. The van der Waals surface area contributed by atoms with Gasteiger partial charge < -0.3 is 9.55 Å². The van der Waals surface area contributed by atoms with Gasteiger partial charge in [0, 0.05) is 40.2 Å². The second kappa shape index (κ2) is 7.52. The molecule has 2 aliphatic heterocycles. The van der Waals surface area contributed by atoms with Crippen molar-refractivity contribution in [2.75, 3.05) is 0 Å². The van der Waals surface area contributed by atoms with E-state index in [9.17, 15) is 0 Å². The Morgan fingerprint density at radius 3 is 1.84 bits per heavy atom. The summed E-state index contributed by atoms with van der Waals surface area (Å²) in [6, 6.07) is 34.7. The van der Waals surface area contributed by atoms with E-state index in [-0.39, 0.29) is 0 Å². The van der Waals surface area contributed by atoms with Crippen molar-refractivity contribution in [3.63, 3.8) is 0 Å². The van der Waals surface area contributed by atoms with Crippen LogP contribution in [0.5, 0.6) is 0 Å². The van der Waals surface area contributed by atoms with Gasteiger partial charge in [-0.2, -0.15) is 0 Å². The van der Waals surface area contributed by atoms with Gasteiger partial charge in [-0.1, -0.05) is 24.3 Å². The first-order chi connectivity index (χ1) is 18.2. The summed E-state index contributed by atoms with van der Waals surface area (Å²) in [6.07, 6.45) is 4.11. The molecular weight excluding hydrogens is 452 g/mol. The van der Waals surface area contributed by atoms with Crippen LogP contribution in [0.4, 0.5) is 0 Å². The fraction of sp³-hybridized carbons (Fsp3) is 0.0303. The summed E-state index contributed by atoms with van der Waals surface area (Å²) >= 11 is 0. The van der Waals surface area contributed by atoms with E-state index in [0.717, 1.165) is 56.0 Å². The van der Waals surface area contributed by atoms with Crippen molar-refractivity contribution in [1.82, 2.24) is 19.5 Å². The lowest BCUT2D eigenvalue weighted by molar-refractivity contribution is 1.01. The summed E-state index contributed by atoms with van der Waals surface area (Å²) in [5.41, 5.74) is 10.4. The Labute approximate surface area is 213 Å². The van der Waals surface area contributed by atoms with Gasteiger partial charge in [0.25, 0.3) is 0 Å². The van der Waals surface area contributed by atoms with Gasteiger partial charge in [0.15, 0.2) is 0 Å². The van der Waals surface area contributed by atoms with Gasteiger partial charge in [-0.15, -0.1) is 0 Å². The van der Waals surface area contributed by atoms with Crippen molar-refractivity contribution in [3.8, 4) is 22.5 Å². The number of hydrogen-bond acceptors (Lipinski definition) is 2. The van der Waals surface area contributed by atoms with Gasteiger partial charge in [0.2, 0.25) is 0 Å². The first-order valence-electron chi connectivity index (χ1n) is 12.5. The van der Waals surface area contributed by atoms with Crippen LogP contribution in [0.2, 0.25) is 0 Å². The molecule has 2 aliphatic rings. The van der Waals surface area contributed by atoms with E-state index in [1.165, 1.54) is 21.5 Å². The Hall–Kier alpha value is -4.96. The molecule has 0 unspecified atom stereocenters. The van der Waals surface area contributed by atoms with Crippen molar-refractivity contribution in [2.45, 2.75) is 0 Å². The van der Waals surface area contributed by atoms with Crippen molar-refractivity contribution in [2.24, 2.45) is 7.05 Å². The Balaban J connectivity index is 1.48. The van der Waals surface area contributed by atoms with Crippen molar-refractivity contribution in [3.05, 3.63) is 108 Å². The number of aromatic amines is 1. The predicted molar refractivity (Wildman–Crippen MR) is 154 cm³/mol. The van der Waals surface area contributed by atoms with E-state index in [0.29, 0.717) is 0 Å². The molecule has 4 heteroatoms. The fourth-order valence-electron chi connectivity index (χ4n) is 5.47. The molecule has 0 radical (unpaired) electrons. The number of nitrogens with zero attached hydrogens (tertiary/aromatic N) is 3. The van der Waals surface area contributed by atoms with Crippen LogP contribution in [-0.4, -0.2) is 19.5 Å². The van der Waals surface area contributed by atoms with E-state index in [1.807, 2.05) is 0 Å². The highest BCUT2D eigenvalue weighted by Gasteiger charge is 2.18. The number of fused-ring (bicyclic) bond motifs is 13. The normalized spacial score (nSPS) is 12.4. The first kappa shape index (κ1) is 20.3. The summed E-state index contributed by atoms with van der Waals surface area (Å²) < 4.78 is 2.19. The maximum absolute atomic E-state index is 5.15. The summed E-state index contributed by atoms with van der Waals surface area (Å²) in [4.78, 5) is 13.4. The van der Waals surface area contributed by atoms with Crippen molar-refractivity contribution >= 4 is 55.8 Å². The van der Waals surface area contributed by atoms with Crippen LogP contribution >= 0.6 is 0 Å². The monoisotopic (exact) mass is 474 g/mol. The zero-order valence-corrected chi connectivity index (χ0v) is 20.2. The van der Waals surface area contributed by atoms with E-state index in [2.05, 4.69) is 126 Å².